The zero-order valence-corrected chi connectivity index (χ0v) is 21.9. The van der Waals surface area contributed by atoms with Crippen molar-refractivity contribution in [1.29, 1.82) is 0 Å². The van der Waals surface area contributed by atoms with E-state index in [1.54, 1.807) is 13.3 Å². The average molecular weight is 508 g/mol. The Morgan fingerprint density at radius 1 is 1.14 bits per heavy atom. The number of amides is 1. The molecule has 0 spiro atoms. The van der Waals surface area contributed by atoms with E-state index in [0.717, 1.165) is 34.9 Å². The lowest BCUT2D eigenvalue weighted by Gasteiger charge is -2.25. The molecular formula is C27H33N5O3S. The highest BCUT2D eigenvalue weighted by Crippen LogP contribution is 2.35. The standard InChI is InChI=1S/C27H33N5O3S/c1-4-35-23-15-12-20(16-24(23)34-3)17-28-29-25(33)18-36-27-31-30-26(21-13-10-19(2)11-14-21)32(27)22-8-6-5-7-9-22/h10-17,22H,4-9,18H2,1-3H3,(H,29,33)/b28-17-. The molecule has 2 aromatic carbocycles. The van der Waals surface area contributed by atoms with Gasteiger partial charge in [0.2, 0.25) is 0 Å². The second kappa shape index (κ2) is 12.6. The van der Waals surface area contributed by atoms with Crippen LogP contribution in [0, 0.1) is 6.92 Å². The van der Waals surface area contributed by atoms with Crippen molar-refractivity contribution in [1.82, 2.24) is 20.2 Å². The van der Waals surface area contributed by atoms with Gasteiger partial charge in [0.1, 0.15) is 0 Å². The molecule has 1 fully saturated rings. The van der Waals surface area contributed by atoms with Gasteiger partial charge in [-0.05, 0) is 50.5 Å². The number of aromatic nitrogens is 3. The van der Waals surface area contributed by atoms with Gasteiger partial charge in [-0.25, -0.2) is 5.43 Å². The van der Waals surface area contributed by atoms with Crippen molar-refractivity contribution in [2.45, 2.75) is 57.1 Å². The molecule has 1 aliphatic carbocycles. The number of carbonyl (C=O) groups is 1. The molecule has 36 heavy (non-hydrogen) atoms. The van der Waals surface area contributed by atoms with Gasteiger partial charge < -0.3 is 9.47 Å². The van der Waals surface area contributed by atoms with Crippen LogP contribution in [-0.2, 0) is 4.79 Å². The minimum Gasteiger partial charge on any atom is -0.493 e. The summed E-state index contributed by atoms with van der Waals surface area (Å²) in [5, 5.41) is 13.9. The molecule has 1 amide bonds. The maximum atomic E-state index is 12.5. The van der Waals surface area contributed by atoms with E-state index < -0.39 is 0 Å². The minimum atomic E-state index is -0.204. The van der Waals surface area contributed by atoms with E-state index >= 15 is 0 Å². The number of carbonyl (C=O) groups excluding carboxylic acids is 1. The number of hydrazone groups is 1. The van der Waals surface area contributed by atoms with E-state index in [1.807, 2.05) is 25.1 Å². The van der Waals surface area contributed by atoms with Crippen LogP contribution < -0.4 is 14.9 Å². The van der Waals surface area contributed by atoms with Crippen LogP contribution in [-0.4, -0.2) is 46.4 Å². The van der Waals surface area contributed by atoms with Gasteiger partial charge in [0.05, 0.1) is 25.7 Å². The molecule has 190 valence electrons. The predicted octanol–water partition coefficient (Wildman–Crippen LogP) is 5.41. The summed E-state index contributed by atoms with van der Waals surface area (Å²) < 4.78 is 13.1. The van der Waals surface area contributed by atoms with Crippen molar-refractivity contribution in [3.63, 3.8) is 0 Å². The van der Waals surface area contributed by atoms with Crippen molar-refractivity contribution in [3.05, 3.63) is 53.6 Å². The first-order valence-electron chi connectivity index (χ1n) is 12.4. The molecule has 1 aliphatic rings. The predicted molar refractivity (Wildman–Crippen MR) is 143 cm³/mol. The lowest BCUT2D eigenvalue weighted by molar-refractivity contribution is -0.118. The van der Waals surface area contributed by atoms with Gasteiger partial charge in [0.15, 0.2) is 22.5 Å². The SMILES string of the molecule is CCOc1ccc(/C=N\NC(=O)CSc2nnc(-c3ccc(C)cc3)n2C2CCCCC2)cc1OC. The van der Waals surface area contributed by atoms with Crippen molar-refractivity contribution >= 4 is 23.9 Å². The van der Waals surface area contributed by atoms with Crippen molar-refractivity contribution < 1.29 is 14.3 Å². The van der Waals surface area contributed by atoms with Crippen LogP contribution >= 0.6 is 11.8 Å². The molecule has 1 aromatic heterocycles. The fourth-order valence-corrected chi connectivity index (χ4v) is 5.12. The second-order valence-electron chi connectivity index (χ2n) is 8.76. The number of nitrogens with one attached hydrogen (secondary N) is 1. The fraction of sp³-hybridized carbons (Fsp3) is 0.407. The quantitative estimate of drug-likeness (QED) is 0.224. The van der Waals surface area contributed by atoms with E-state index in [4.69, 9.17) is 9.47 Å². The van der Waals surface area contributed by atoms with E-state index in [2.05, 4.69) is 56.5 Å². The summed E-state index contributed by atoms with van der Waals surface area (Å²) in [5.74, 6) is 2.15. The van der Waals surface area contributed by atoms with E-state index in [0.29, 0.717) is 24.1 Å². The third-order valence-corrected chi connectivity index (χ3v) is 7.08. The third kappa shape index (κ3) is 6.46. The number of methoxy groups -OCH3 is 1. The average Bonchev–Trinajstić information content (AvgIpc) is 3.33. The van der Waals surface area contributed by atoms with Crippen molar-refractivity contribution in [2.24, 2.45) is 5.10 Å². The Balaban J connectivity index is 1.41. The first-order valence-corrected chi connectivity index (χ1v) is 13.3. The molecule has 0 bridgehead atoms. The highest BCUT2D eigenvalue weighted by Gasteiger charge is 2.24. The van der Waals surface area contributed by atoms with Gasteiger partial charge in [0, 0.05) is 11.6 Å². The summed E-state index contributed by atoms with van der Waals surface area (Å²) in [6, 6.07) is 14.2. The Hall–Kier alpha value is -3.33. The van der Waals surface area contributed by atoms with Gasteiger partial charge in [-0.2, -0.15) is 5.10 Å². The minimum absolute atomic E-state index is 0.197. The van der Waals surface area contributed by atoms with E-state index in [9.17, 15) is 4.79 Å². The first-order chi connectivity index (χ1) is 17.6. The van der Waals surface area contributed by atoms with Crippen LogP contribution in [0.4, 0.5) is 0 Å². The molecule has 0 atom stereocenters. The Labute approximate surface area is 216 Å². The summed E-state index contributed by atoms with van der Waals surface area (Å²) in [7, 11) is 1.59. The lowest BCUT2D eigenvalue weighted by atomic mass is 9.95. The molecule has 8 nitrogen and oxygen atoms in total. The number of nitrogens with zero attached hydrogens (tertiary/aromatic N) is 4. The number of ether oxygens (including phenoxy) is 2. The second-order valence-corrected chi connectivity index (χ2v) is 9.70. The highest BCUT2D eigenvalue weighted by atomic mass is 32.2. The van der Waals surface area contributed by atoms with Crippen molar-refractivity contribution in [2.75, 3.05) is 19.5 Å². The molecule has 0 saturated heterocycles. The normalized spacial score (nSPS) is 14.2. The smallest absolute Gasteiger partial charge is 0.250 e. The molecular weight excluding hydrogens is 474 g/mol. The van der Waals surface area contributed by atoms with Crippen LogP contribution in [0.15, 0.2) is 52.7 Å². The Morgan fingerprint density at radius 3 is 2.64 bits per heavy atom. The first kappa shape index (κ1) is 25.8. The molecule has 0 unspecified atom stereocenters. The van der Waals surface area contributed by atoms with Crippen LogP contribution in [0.5, 0.6) is 11.5 Å². The number of hydrogen-bond donors (Lipinski definition) is 1. The maximum Gasteiger partial charge on any atom is 0.250 e. The Kier molecular flexibility index (Phi) is 9.00. The fourth-order valence-electron chi connectivity index (χ4n) is 4.32. The Bertz CT molecular complexity index is 1190. The molecule has 4 rings (SSSR count). The number of aryl methyl sites for hydroxylation is 1. The molecule has 1 saturated carbocycles. The number of hydrogen-bond acceptors (Lipinski definition) is 7. The van der Waals surface area contributed by atoms with Gasteiger partial charge in [-0.3, -0.25) is 9.36 Å². The Morgan fingerprint density at radius 2 is 1.92 bits per heavy atom. The zero-order valence-electron chi connectivity index (χ0n) is 21.1. The summed E-state index contributed by atoms with van der Waals surface area (Å²) in [6.07, 6.45) is 7.46. The van der Waals surface area contributed by atoms with E-state index in [-0.39, 0.29) is 11.7 Å². The largest absolute Gasteiger partial charge is 0.493 e. The van der Waals surface area contributed by atoms with Gasteiger partial charge in [-0.15, -0.1) is 10.2 Å². The van der Waals surface area contributed by atoms with Gasteiger partial charge >= 0.3 is 0 Å². The number of thioether (sulfide) groups is 1. The molecule has 1 heterocycles. The summed E-state index contributed by atoms with van der Waals surface area (Å²) in [6.45, 7) is 4.55. The third-order valence-electron chi connectivity index (χ3n) is 6.14. The molecule has 9 heteroatoms. The molecule has 3 aromatic rings. The summed E-state index contributed by atoms with van der Waals surface area (Å²) >= 11 is 1.39. The topological polar surface area (TPSA) is 90.6 Å². The molecule has 0 aliphatic heterocycles. The molecule has 0 radical (unpaired) electrons. The zero-order chi connectivity index (χ0) is 25.3. The van der Waals surface area contributed by atoms with E-state index in [1.165, 1.54) is 36.6 Å². The van der Waals surface area contributed by atoms with Crippen LogP contribution in [0.2, 0.25) is 0 Å². The number of benzene rings is 2. The highest BCUT2D eigenvalue weighted by molar-refractivity contribution is 7.99. The van der Waals surface area contributed by atoms with Crippen LogP contribution in [0.3, 0.4) is 0 Å². The number of rotatable bonds is 10. The monoisotopic (exact) mass is 507 g/mol. The van der Waals surface area contributed by atoms with Gasteiger partial charge in [-0.1, -0.05) is 60.9 Å². The van der Waals surface area contributed by atoms with Crippen LogP contribution in [0.25, 0.3) is 11.4 Å². The molecule has 1 N–H and O–H groups in total. The summed E-state index contributed by atoms with van der Waals surface area (Å²) in [5.41, 5.74) is 5.65. The maximum absolute atomic E-state index is 12.5. The van der Waals surface area contributed by atoms with Gasteiger partial charge in [0.25, 0.3) is 5.91 Å². The summed E-state index contributed by atoms with van der Waals surface area (Å²) in [4.78, 5) is 12.5. The van der Waals surface area contributed by atoms with Crippen molar-refractivity contribution in [3.8, 4) is 22.9 Å². The van der Waals surface area contributed by atoms with Crippen LogP contribution in [0.1, 0.15) is 56.2 Å². The lowest BCUT2D eigenvalue weighted by Crippen LogP contribution is -2.20.